The Morgan fingerprint density at radius 2 is 1.46 bits per heavy atom. The number of aliphatic hydroxyl groups is 1. The van der Waals surface area contributed by atoms with Gasteiger partial charge in [-0.2, -0.15) is 0 Å². The second-order valence-corrected chi connectivity index (χ2v) is 4.78. The van der Waals surface area contributed by atoms with Crippen LogP contribution in [0, 0.1) is 0 Å². The summed E-state index contributed by atoms with van der Waals surface area (Å²) < 4.78 is 15.6. The molecule has 2 aromatic rings. The first-order chi connectivity index (χ1) is 11.0. The molecule has 6 nitrogen and oxygen atoms in total. The Hall–Kier alpha value is -1.73. The minimum Gasteiger partial charge on any atom is -0.546 e. The number of carbonyl (C=O) groups excluding carboxylic acids is 1. The number of aliphatic carboxylic acids is 1. The summed E-state index contributed by atoms with van der Waals surface area (Å²) in [5, 5.41) is 22.5. The molecular weight excluding hydrogens is 323 g/mol. The Morgan fingerprint density at radius 3 is 1.83 bits per heavy atom. The molecule has 2 rings (SSSR count). The van der Waals surface area contributed by atoms with Gasteiger partial charge in [-0.05, 0) is 17.7 Å². The van der Waals surface area contributed by atoms with E-state index in [1.165, 1.54) is 45.6 Å². The van der Waals surface area contributed by atoms with Crippen LogP contribution < -0.4 is 48.9 Å². The third-order valence-electron chi connectivity index (χ3n) is 3.57. The summed E-state index contributed by atoms with van der Waals surface area (Å²) in [5.41, 5.74) is -2.15. The summed E-state index contributed by atoms with van der Waals surface area (Å²) in [6.07, 6.45) is 0. The van der Waals surface area contributed by atoms with E-state index >= 15 is 0 Å². The molecule has 0 aromatic heterocycles. The zero-order chi connectivity index (χ0) is 17.0. The van der Waals surface area contributed by atoms with Gasteiger partial charge in [-0.1, -0.05) is 30.3 Å². The van der Waals surface area contributed by atoms with E-state index in [1.54, 1.807) is 18.2 Å². The van der Waals surface area contributed by atoms with Gasteiger partial charge >= 0.3 is 29.6 Å². The Balaban J connectivity index is 0.00000288. The van der Waals surface area contributed by atoms with E-state index in [9.17, 15) is 15.0 Å². The molecule has 0 radical (unpaired) electrons. The predicted molar refractivity (Wildman–Crippen MR) is 80.5 cm³/mol. The largest absolute Gasteiger partial charge is 1.00 e. The fourth-order valence-electron chi connectivity index (χ4n) is 2.37. The normalized spacial score (nSPS) is 12.5. The zero-order valence-corrected chi connectivity index (χ0v) is 16.0. The average molecular weight is 340 g/mol. The van der Waals surface area contributed by atoms with Crippen molar-refractivity contribution in [2.45, 2.75) is 5.60 Å². The molecule has 0 amide bonds. The van der Waals surface area contributed by atoms with Crippen LogP contribution in [0.4, 0.5) is 0 Å². The van der Waals surface area contributed by atoms with Crippen LogP contribution in [-0.4, -0.2) is 32.4 Å². The number of ether oxygens (including phenoxy) is 3. The molecule has 0 aliphatic rings. The maximum atomic E-state index is 11.7. The Morgan fingerprint density at radius 1 is 0.958 bits per heavy atom. The summed E-state index contributed by atoms with van der Waals surface area (Å²) in [7, 11) is 4.24. The molecule has 7 heteroatoms. The first-order valence-electron chi connectivity index (χ1n) is 6.78. The number of rotatable bonds is 6. The maximum absolute atomic E-state index is 11.7. The quantitative estimate of drug-likeness (QED) is 0.595. The van der Waals surface area contributed by atoms with E-state index < -0.39 is 11.6 Å². The standard InChI is InChI=1S/C17H18O6.Na/c1-21-13-9-12(10-14(22-2)15(13)23-3)17(20,16(18)19)11-7-5-4-6-8-11;/h4-10,20H,1-3H3,(H,18,19);/q;+1/p-1. The van der Waals surface area contributed by atoms with E-state index in [1.807, 2.05) is 0 Å². The number of benzene rings is 2. The van der Waals surface area contributed by atoms with E-state index in [2.05, 4.69) is 0 Å². The second-order valence-electron chi connectivity index (χ2n) is 4.78. The molecule has 0 heterocycles. The van der Waals surface area contributed by atoms with Gasteiger partial charge in [0.1, 0.15) is 0 Å². The molecule has 0 aliphatic carbocycles. The van der Waals surface area contributed by atoms with Crippen LogP contribution >= 0.6 is 0 Å². The van der Waals surface area contributed by atoms with Gasteiger partial charge in [0.15, 0.2) is 17.1 Å². The monoisotopic (exact) mass is 340 g/mol. The van der Waals surface area contributed by atoms with Gasteiger partial charge in [0.25, 0.3) is 0 Å². The Bertz CT molecular complexity index is 678. The van der Waals surface area contributed by atoms with Crippen LogP contribution in [0.15, 0.2) is 42.5 Å². The number of methoxy groups -OCH3 is 3. The molecule has 1 atom stereocenters. The summed E-state index contributed by atoms with van der Waals surface area (Å²) in [6.45, 7) is 0. The molecule has 0 saturated heterocycles. The van der Waals surface area contributed by atoms with Crippen LogP contribution in [0.5, 0.6) is 17.2 Å². The van der Waals surface area contributed by atoms with Crippen molar-refractivity contribution >= 4 is 5.97 Å². The number of hydrogen-bond donors (Lipinski definition) is 1. The molecule has 2 aromatic carbocycles. The summed E-state index contributed by atoms with van der Waals surface area (Å²) in [6, 6.07) is 10.7. The summed E-state index contributed by atoms with van der Waals surface area (Å²) in [4.78, 5) is 11.7. The summed E-state index contributed by atoms with van der Waals surface area (Å²) >= 11 is 0. The van der Waals surface area contributed by atoms with Crippen LogP contribution in [0.25, 0.3) is 0 Å². The van der Waals surface area contributed by atoms with Crippen molar-refractivity contribution in [1.29, 1.82) is 0 Å². The van der Waals surface area contributed by atoms with Crippen molar-refractivity contribution in [2.24, 2.45) is 0 Å². The van der Waals surface area contributed by atoms with E-state index in [0.717, 1.165) is 0 Å². The van der Waals surface area contributed by atoms with Gasteiger partial charge in [-0.3, -0.25) is 0 Å². The first kappa shape index (κ1) is 20.3. The van der Waals surface area contributed by atoms with Gasteiger partial charge in [0, 0.05) is 5.56 Å². The molecule has 0 aliphatic heterocycles. The smallest absolute Gasteiger partial charge is 0.546 e. The van der Waals surface area contributed by atoms with Crippen molar-refractivity contribution in [2.75, 3.05) is 21.3 Å². The van der Waals surface area contributed by atoms with Crippen LogP contribution in [0.2, 0.25) is 0 Å². The Labute approximate surface area is 162 Å². The number of carboxylic acids is 1. The van der Waals surface area contributed by atoms with Gasteiger partial charge in [-0.15, -0.1) is 0 Å². The van der Waals surface area contributed by atoms with E-state index in [-0.39, 0.29) is 52.2 Å². The van der Waals surface area contributed by atoms with Gasteiger partial charge in [-0.25, -0.2) is 0 Å². The number of carbonyl (C=O) groups is 1. The average Bonchev–Trinajstić information content (AvgIpc) is 2.60. The number of carboxylic acid groups (broad SMARTS) is 1. The minimum absolute atomic E-state index is 0. The molecule has 1 unspecified atom stereocenters. The first-order valence-corrected chi connectivity index (χ1v) is 6.78. The van der Waals surface area contributed by atoms with Crippen LogP contribution in [0.3, 0.4) is 0 Å². The number of hydrogen-bond acceptors (Lipinski definition) is 6. The Kier molecular flexibility index (Phi) is 7.10. The fourth-order valence-corrected chi connectivity index (χ4v) is 2.37. The van der Waals surface area contributed by atoms with Gasteiger partial charge in [0.05, 0.1) is 27.3 Å². The fraction of sp³-hybridized carbons (Fsp3) is 0.235. The minimum atomic E-state index is -2.35. The molecule has 0 spiro atoms. The van der Waals surface area contributed by atoms with Crippen LogP contribution in [-0.2, 0) is 10.4 Å². The van der Waals surface area contributed by atoms with E-state index in [0.29, 0.717) is 5.75 Å². The molecule has 24 heavy (non-hydrogen) atoms. The van der Waals surface area contributed by atoms with Crippen molar-refractivity contribution in [1.82, 2.24) is 0 Å². The van der Waals surface area contributed by atoms with Crippen molar-refractivity contribution in [3.05, 3.63) is 53.6 Å². The topological polar surface area (TPSA) is 88.1 Å². The van der Waals surface area contributed by atoms with E-state index in [4.69, 9.17) is 14.2 Å². The van der Waals surface area contributed by atoms with Gasteiger partial charge < -0.3 is 29.2 Å². The SMILES string of the molecule is COc1cc(C(O)(C(=O)[O-])c2ccccc2)cc(OC)c1OC.[Na+]. The van der Waals surface area contributed by atoms with Crippen LogP contribution in [0.1, 0.15) is 11.1 Å². The third kappa shape index (κ3) is 3.52. The molecule has 0 saturated carbocycles. The summed E-state index contributed by atoms with van der Waals surface area (Å²) in [5.74, 6) is -0.889. The molecule has 0 bridgehead atoms. The van der Waals surface area contributed by atoms with Crippen molar-refractivity contribution < 1.29 is 58.8 Å². The zero-order valence-electron chi connectivity index (χ0n) is 14.0. The predicted octanol–water partition coefficient (Wildman–Crippen LogP) is -2.30. The molecule has 1 N–H and O–H groups in total. The molecule has 0 fully saturated rings. The maximum Gasteiger partial charge on any atom is 1.00 e. The third-order valence-corrected chi connectivity index (χ3v) is 3.57. The van der Waals surface area contributed by atoms with Crippen molar-refractivity contribution in [3.63, 3.8) is 0 Å². The molecule has 122 valence electrons. The second kappa shape index (κ2) is 8.39. The van der Waals surface area contributed by atoms with Crippen molar-refractivity contribution in [3.8, 4) is 17.2 Å². The van der Waals surface area contributed by atoms with Gasteiger partial charge in [0.2, 0.25) is 5.75 Å². The molecular formula is C17H17NaO6.